The second-order valence-electron chi connectivity index (χ2n) is 7.77. The van der Waals surface area contributed by atoms with Gasteiger partial charge in [0.25, 0.3) is 0 Å². The van der Waals surface area contributed by atoms with Crippen LogP contribution in [0.15, 0.2) is 0 Å². The van der Waals surface area contributed by atoms with Gasteiger partial charge in [-0.3, -0.25) is 0 Å². The fourth-order valence-electron chi connectivity index (χ4n) is 4.97. The number of nitrogens with two attached hydrogens (primary N) is 1. The number of nitrogens with zero attached hydrogens (tertiary/aromatic N) is 1. The van der Waals surface area contributed by atoms with Crippen LogP contribution in [0.2, 0.25) is 0 Å². The van der Waals surface area contributed by atoms with Crippen molar-refractivity contribution < 1.29 is 0 Å². The molecule has 0 amide bonds. The summed E-state index contributed by atoms with van der Waals surface area (Å²) in [7, 11) is 0. The molecule has 0 aromatic rings. The van der Waals surface area contributed by atoms with Crippen LogP contribution in [0.5, 0.6) is 0 Å². The minimum absolute atomic E-state index is 0.645. The van der Waals surface area contributed by atoms with Gasteiger partial charge in [-0.25, -0.2) is 0 Å². The van der Waals surface area contributed by atoms with Crippen LogP contribution in [0.25, 0.3) is 0 Å². The summed E-state index contributed by atoms with van der Waals surface area (Å²) in [6.07, 6.45) is 12.5. The van der Waals surface area contributed by atoms with Gasteiger partial charge in [-0.2, -0.15) is 0 Å². The lowest BCUT2D eigenvalue weighted by Crippen LogP contribution is -2.51. The molecule has 2 nitrogen and oxygen atoms in total. The third-order valence-electron chi connectivity index (χ3n) is 6.89. The summed E-state index contributed by atoms with van der Waals surface area (Å²) < 4.78 is 0. The molecule has 1 saturated heterocycles. The topological polar surface area (TPSA) is 29.3 Å². The van der Waals surface area contributed by atoms with E-state index in [1.165, 1.54) is 70.9 Å². The lowest BCUT2D eigenvalue weighted by Gasteiger charge is -2.48. The molecule has 124 valence electrons. The van der Waals surface area contributed by atoms with Crippen molar-refractivity contribution in [2.75, 3.05) is 19.6 Å². The van der Waals surface area contributed by atoms with Gasteiger partial charge in [-0.05, 0) is 62.6 Å². The average molecular weight is 295 g/mol. The molecule has 2 N–H and O–H groups in total. The Morgan fingerprint density at radius 2 is 1.71 bits per heavy atom. The van der Waals surface area contributed by atoms with Crippen LogP contribution in [0.1, 0.15) is 78.6 Å². The average Bonchev–Trinajstić information content (AvgIpc) is 2.55. The second-order valence-corrected chi connectivity index (χ2v) is 7.77. The van der Waals surface area contributed by atoms with Crippen LogP contribution in [-0.4, -0.2) is 30.6 Å². The van der Waals surface area contributed by atoms with E-state index in [2.05, 4.69) is 25.7 Å². The van der Waals surface area contributed by atoms with Crippen molar-refractivity contribution in [3.05, 3.63) is 0 Å². The Morgan fingerprint density at radius 1 is 1.05 bits per heavy atom. The Hall–Kier alpha value is -0.0800. The summed E-state index contributed by atoms with van der Waals surface area (Å²) in [5.74, 6) is 1.72. The third-order valence-corrected chi connectivity index (χ3v) is 6.89. The second kappa shape index (κ2) is 7.97. The van der Waals surface area contributed by atoms with Crippen molar-refractivity contribution in [2.24, 2.45) is 23.0 Å². The molecule has 3 unspecified atom stereocenters. The smallest absolute Gasteiger partial charge is 0.0138 e. The van der Waals surface area contributed by atoms with Crippen molar-refractivity contribution in [2.45, 2.75) is 84.6 Å². The van der Waals surface area contributed by atoms with Crippen LogP contribution in [0.4, 0.5) is 0 Å². The summed E-state index contributed by atoms with van der Waals surface area (Å²) in [4.78, 5) is 2.82. The standard InChI is InChI=1S/C19H38N2/c1-4-7-16-8-9-17(15-20)18(14-16)21-12-10-19(5-2,6-3)11-13-21/h16-18H,4-15,20H2,1-3H3. The van der Waals surface area contributed by atoms with E-state index in [9.17, 15) is 0 Å². The number of likely N-dealkylation sites (tertiary alicyclic amines) is 1. The first-order chi connectivity index (χ1) is 10.2. The highest BCUT2D eigenvalue weighted by atomic mass is 15.2. The molecular formula is C19H38N2. The summed E-state index contributed by atoms with van der Waals surface area (Å²) in [6.45, 7) is 10.7. The molecule has 0 radical (unpaired) electrons. The van der Waals surface area contributed by atoms with E-state index in [0.29, 0.717) is 5.41 Å². The van der Waals surface area contributed by atoms with Crippen LogP contribution in [0, 0.1) is 17.3 Å². The third kappa shape index (κ3) is 4.01. The molecule has 2 heteroatoms. The molecule has 3 atom stereocenters. The molecular weight excluding hydrogens is 256 g/mol. The Morgan fingerprint density at radius 3 is 2.24 bits per heavy atom. The number of rotatable bonds is 6. The first-order valence-corrected chi connectivity index (χ1v) is 9.62. The van der Waals surface area contributed by atoms with Gasteiger partial charge in [0.15, 0.2) is 0 Å². The van der Waals surface area contributed by atoms with Crippen molar-refractivity contribution >= 4 is 0 Å². The van der Waals surface area contributed by atoms with Crippen LogP contribution in [-0.2, 0) is 0 Å². The Bertz CT molecular complexity index is 288. The molecule has 0 aromatic carbocycles. The van der Waals surface area contributed by atoms with Crippen molar-refractivity contribution in [3.63, 3.8) is 0 Å². The molecule has 1 aliphatic carbocycles. The lowest BCUT2D eigenvalue weighted by molar-refractivity contribution is 0.0187. The van der Waals surface area contributed by atoms with Gasteiger partial charge in [0.05, 0.1) is 0 Å². The highest BCUT2D eigenvalue weighted by molar-refractivity contribution is 4.92. The maximum atomic E-state index is 6.10. The van der Waals surface area contributed by atoms with E-state index in [4.69, 9.17) is 5.73 Å². The zero-order valence-corrected chi connectivity index (χ0v) is 14.7. The van der Waals surface area contributed by atoms with E-state index in [-0.39, 0.29) is 0 Å². The summed E-state index contributed by atoms with van der Waals surface area (Å²) in [5, 5.41) is 0. The van der Waals surface area contributed by atoms with Gasteiger partial charge in [0.1, 0.15) is 0 Å². The van der Waals surface area contributed by atoms with Gasteiger partial charge in [0, 0.05) is 6.04 Å². The highest BCUT2D eigenvalue weighted by Gasteiger charge is 2.38. The molecule has 2 rings (SSSR count). The van der Waals surface area contributed by atoms with Gasteiger partial charge in [-0.1, -0.05) is 52.9 Å². The predicted molar refractivity (Wildman–Crippen MR) is 92.4 cm³/mol. The molecule has 0 bridgehead atoms. The van der Waals surface area contributed by atoms with E-state index in [1.807, 2.05) is 0 Å². The Kier molecular flexibility index (Phi) is 6.55. The van der Waals surface area contributed by atoms with Crippen molar-refractivity contribution in [3.8, 4) is 0 Å². The fraction of sp³-hybridized carbons (Fsp3) is 1.00. The first-order valence-electron chi connectivity index (χ1n) is 9.62. The molecule has 2 aliphatic rings. The number of piperidine rings is 1. The molecule has 0 spiro atoms. The fourth-order valence-corrected chi connectivity index (χ4v) is 4.97. The molecule has 1 heterocycles. The zero-order chi connectivity index (χ0) is 15.3. The van der Waals surface area contributed by atoms with Crippen molar-refractivity contribution in [1.82, 2.24) is 4.90 Å². The predicted octanol–water partition coefficient (Wildman–Crippen LogP) is 4.43. The minimum atomic E-state index is 0.645. The monoisotopic (exact) mass is 294 g/mol. The van der Waals surface area contributed by atoms with Gasteiger partial charge >= 0.3 is 0 Å². The first kappa shape index (κ1) is 17.3. The zero-order valence-electron chi connectivity index (χ0n) is 14.7. The number of hydrogen-bond donors (Lipinski definition) is 1. The van der Waals surface area contributed by atoms with Crippen molar-refractivity contribution in [1.29, 1.82) is 0 Å². The largest absolute Gasteiger partial charge is 0.330 e. The molecule has 0 aromatic heterocycles. The summed E-state index contributed by atoms with van der Waals surface area (Å²) in [5.41, 5.74) is 6.74. The molecule has 1 saturated carbocycles. The minimum Gasteiger partial charge on any atom is -0.330 e. The van der Waals surface area contributed by atoms with Crippen LogP contribution >= 0.6 is 0 Å². The van der Waals surface area contributed by atoms with Crippen LogP contribution in [0.3, 0.4) is 0 Å². The van der Waals surface area contributed by atoms with E-state index in [1.54, 1.807) is 0 Å². The number of hydrogen-bond acceptors (Lipinski definition) is 2. The molecule has 1 aliphatic heterocycles. The molecule has 21 heavy (non-hydrogen) atoms. The maximum absolute atomic E-state index is 6.10. The van der Waals surface area contributed by atoms with E-state index < -0.39 is 0 Å². The summed E-state index contributed by atoms with van der Waals surface area (Å²) in [6, 6.07) is 0.784. The maximum Gasteiger partial charge on any atom is 0.0138 e. The SMILES string of the molecule is CCCC1CCC(CN)C(N2CCC(CC)(CC)CC2)C1. The van der Waals surface area contributed by atoms with Crippen LogP contribution < -0.4 is 5.73 Å². The quantitative estimate of drug-likeness (QED) is 0.785. The Labute approximate surface area is 132 Å². The summed E-state index contributed by atoms with van der Waals surface area (Å²) >= 11 is 0. The lowest BCUT2D eigenvalue weighted by atomic mass is 9.71. The van der Waals surface area contributed by atoms with E-state index >= 15 is 0 Å². The van der Waals surface area contributed by atoms with E-state index in [0.717, 1.165) is 24.4 Å². The van der Waals surface area contributed by atoms with Gasteiger partial charge in [-0.15, -0.1) is 0 Å². The van der Waals surface area contributed by atoms with Gasteiger partial charge < -0.3 is 10.6 Å². The Balaban J connectivity index is 1.95. The normalized spacial score (nSPS) is 34.0. The highest BCUT2D eigenvalue weighted by Crippen LogP contribution is 2.41. The molecule has 2 fully saturated rings. The van der Waals surface area contributed by atoms with Gasteiger partial charge in [0.2, 0.25) is 0 Å².